The number of hydrogen-bond acceptors (Lipinski definition) is 2. The summed E-state index contributed by atoms with van der Waals surface area (Å²) in [6.45, 7) is -3.91. The van der Waals surface area contributed by atoms with E-state index >= 15 is 0 Å². The summed E-state index contributed by atoms with van der Waals surface area (Å²) >= 11 is 0.935. The van der Waals surface area contributed by atoms with Crippen LogP contribution in [0.2, 0.25) is 0 Å². The van der Waals surface area contributed by atoms with E-state index in [9.17, 15) is 12.9 Å². The van der Waals surface area contributed by atoms with Crippen LogP contribution in [0.4, 0.5) is 12.9 Å². The molecule has 1 fully saturated rings. The average molecular weight is 238 g/mol. The summed E-state index contributed by atoms with van der Waals surface area (Å²) in [6.07, 6.45) is 1.97. The molecule has 0 spiro atoms. The summed E-state index contributed by atoms with van der Waals surface area (Å²) < 4.78 is 40.4. The van der Waals surface area contributed by atoms with Crippen LogP contribution in [0.15, 0.2) is 0 Å². The van der Waals surface area contributed by atoms with Crippen molar-refractivity contribution in [2.75, 3.05) is 18.0 Å². The van der Waals surface area contributed by atoms with Gasteiger partial charge in [0.15, 0.2) is 0 Å². The van der Waals surface area contributed by atoms with E-state index in [4.69, 9.17) is 4.74 Å². The molecular formula is C6H11BF3KOS. The van der Waals surface area contributed by atoms with E-state index in [-0.39, 0.29) is 57.5 Å². The van der Waals surface area contributed by atoms with Gasteiger partial charge in [0.2, 0.25) is 0 Å². The van der Waals surface area contributed by atoms with Crippen molar-refractivity contribution in [3.8, 4) is 0 Å². The minimum atomic E-state index is -4.62. The fraction of sp³-hybridized carbons (Fsp3) is 1.00. The topological polar surface area (TPSA) is 9.23 Å². The fourth-order valence-corrected chi connectivity index (χ4v) is 2.04. The van der Waals surface area contributed by atoms with Gasteiger partial charge in [-0.3, -0.25) is 0 Å². The molecule has 0 N–H and O–H groups in total. The molecule has 1 nitrogen and oxygen atoms in total. The largest absolute Gasteiger partial charge is 1.00 e. The molecule has 13 heavy (non-hydrogen) atoms. The third-order valence-corrected chi connectivity index (χ3v) is 2.86. The van der Waals surface area contributed by atoms with Crippen molar-refractivity contribution in [1.82, 2.24) is 0 Å². The Kier molecular flexibility index (Phi) is 8.13. The van der Waals surface area contributed by atoms with E-state index in [1.807, 2.05) is 0 Å². The number of thioether (sulfide) groups is 1. The molecule has 7 heteroatoms. The van der Waals surface area contributed by atoms with Crippen LogP contribution in [0.5, 0.6) is 0 Å². The number of rotatable bonds is 4. The van der Waals surface area contributed by atoms with Gasteiger partial charge in [0.1, 0.15) is 0 Å². The predicted molar refractivity (Wildman–Crippen MR) is 45.4 cm³/mol. The first kappa shape index (κ1) is 14.8. The molecule has 0 aromatic carbocycles. The SMILES string of the molecule is F[B-](F)(F)CSCC1CCCO1.[K+]. The summed E-state index contributed by atoms with van der Waals surface area (Å²) in [7, 11) is 0. The Balaban J connectivity index is 0.00000144. The maximum atomic E-state index is 11.7. The summed E-state index contributed by atoms with van der Waals surface area (Å²) in [6, 6.07) is 0. The minimum Gasteiger partial charge on any atom is -0.448 e. The van der Waals surface area contributed by atoms with Gasteiger partial charge < -0.3 is 17.7 Å². The molecule has 0 saturated carbocycles. The summed E-state index contributed by atoms with van der Waals surface area (Å²) in [4.78, 5) is 0. The van der Waals surface area contributed by atoms with Crippen molar-refractivity contribution in [2.45, 2.75) is 18.9 Å². The zero-order chi connectivity index (χ0) is 9.03. The molecule has 1 atom stereocenters. The van der Waals surface area contributed by atoms with E-state index in [1.54, 1.807) is 0 Å². The molecule has 1 rings (SSSR count). The van der Waals surface area contributed by atoms with E-state index < -0.39 is 12.6 Å². The van der Waals surface area contributed by atoms with Crippen molar-refractivity contribution in [3.63, 3.8) is 0 Å². The van der Waals surface area contributed by atoms with Gasteiger partial charge in [-0.15, -0.1) is 0 Å². The summed E-state index contributed by atoms with van der Waals surface area (Å²) in [5.41, 5.74) is -0.695. The van der Waals surface area contributed by atoms with Crippen molar-refractivity contribution < 1.29 is 69.1 Å². The van der Waals surface area contributed by atoms with E-state index in [2.05, 4.69) is 0 Å². The Labute approximate surface area is 123 Å². The quantitative estimate of drug-likeness (QED) is 0.598. The Morgan fingerprint density at radius 2 is 2.08 bits per heavy atom. The minimum absolute atomic E-state index is 0. The Morgan fingerprint density at radius 3 is 2.54 bits per heavy atom. The van der Waals surface area contributed by atoms with Crippen LogP contribution >= 0.6 is 11.8 Å². The smallest absolute Gasteiger partial charge is 0.448 e. The number of ether oxygens (including phenoxy) is 1. The van der Waals surface area contributed by atoms with Gasteiger partial charge in [-0.05, 0) is 18.5 Å². The van der Waals surface area contributed by atoms with Gasteiger partial charge in [0, 0.05) is 12.4 Å². The molecule has 0 bridgehead atoms. The van der Waals surface area contributed by atoms with Crippen molar-refractivity contribution >= 4 is 18.7 Å². The van der Waals surface area contributed by atoms with Gasteiger partial charge in [-0.1, -0.05) is 0 Å². The molecule has 72 valence electrons. The Bertz CT molecular complexity index is 140. The monoisotopic (exact) mass is 238 g/mol. The van der Waals surface area contributed by atoms with Gasteiger partial charge in [0.05, 0.1) is 6.10 Å². The normalized spacial score (nSPS) is 22.8. The second kappa shape index (κ2) is 7.14. The summed E-state index contributed by atoms with van der Waals surface area (Å²) in [5, 5.41) is 0. The molecule has 1 unspecified atom stereocenters. The standard InChI is InChI=1S/C6H11BF3OS.K/c8-7(9,10)5-12-4-6-2-1-3-11-6;/h6H,1-5H2;/q-1;+1. The number of halogens is 3. The third-order valence-electron chi connectivity index (χ3n) is 1.63. The molecule has 0 radical (unpaired) electrons. The zero-order valence-electron chi connectivity index (χ0n) is 7.64. The molecule has 0 aromatic rings. The van der Waals surface area contributed by atoms with Gasteiger partial charge >= 0.3 is 58.4 Å². The van der Waals surface area contributed by atoms with Crippen LogP contribution in [0, 0.1) is 0 Å². The maximum absolute atomic E-state index is 11.7. The summed E-state index contributed by atoms with van der Waals surface area (Å²) in [5.74, 6) is 0.487. The van der Waals surface area contributed by atoms with Crippen LogP contribution in [-0.4, -0.2) is 31.1 Å². The molecule has 1 aliphatic heterocycles. The molecule has 0 amide bonds. The van der Waals surface area contributed by atoms with Crippen LogP contribution < -0.4 is 51.4 Å². The van der Waals surface area contributed by atoms with Crippen molar-refractivity contribution in [1.29, 1.82) is 0 Å². The van der Waals surface area contributed by atoms with Gasteiger partial charge in [0.25, 0.3) is 0 Å². The fourth-order valence-electron chi connectivity index (χ4n) is 1.11. The molecule has 1 saturated heterocycles. The maximum Gasteiger partial charge on any atom is 1.00 e. The van der Waals surface area contributed by atoms with E-state index in [0.29, 0.717) is 12.4 Å². The van der Waals surface area contributed by atoms with E-state index in [0.717, 1.165) is 24.6 Å². The van der Waals surface area contributed by atoms with Crippen molar-refractivity contribution in [2.24, 2.45) is 0 Å². The second-order valence-electron chi connectivity index (χ2n) is 2.88. The Morgan fingerprint density at radius 1 is 1.38 bits per heavy atom. The van der Waals surface area contributed by atoms with Crippen LogP contribution in [0.25, 0.3) is 0 Å². The number of hydrogen-bond donors (Lipinski definition) is 0. The second-order valence-corrected chi connectivity index (χ2v) is 3.96. The molecule has 1 aliphatic rings. The first-order chi connectivity index (χ1) is 5.58. The third kappa shape index (κ3) is 7.70. The van der Waals surface area contributed by atoms with Crippen LogP contribution in [0.1, 0.15) is 12.8 Å². The predicted octanol–water partition coefficient (Wildman–Crippen LogP) is -0.711. The Hall–Kier alpha value is 1.80. The molecule has 0 aromatic heterocycles. The molecular weight excluding hydrogens is 227 g/mol. The van der Waals surface area contributed by atoms with Gasteiger partial charge in [-0.25, -0.2) is 0 Å². The van der Waals surface area contributed by atoms with E-state index in [1.165, 1.54) is 0 Å². The first-order valence-electron chi connectivity index (χ1n) is 3.98. The molecule has 1 heterocycles. The molecule has 0 aliphatic carbocycles. The van der Waals surface area contributed by atoms with Crippen LogP contribution in [-0.2, 0) is 4.74 Å². The van der Waals surface area contributed by atoms with Crippen LogP contribution in [0.3, 0.4) is 0 Å². The van der Waals surface area contributed by atoms with Crippen molar-refractivity contribution in [3.05, 3.63) is 0 Å². The first-order valence-corrected chi connectivity index (χ1v) is 5.14. The zero-order valence-corrected chi connectivity index (χ0v) is 11.6. The van der Waals surface area contributed by atoms with Gasteiger partial charge in [-0.2, -0.15) is 11.8 Å². The average Bonchev–Trinajstić information content (AvgIpc) is 2.36.